The minimum absolute atomic E-state index is 0.0101. The third-order valence-corrected chi connectivity index (χ3v) is 3.44. The van der Waals surface area contributed by atoms with Crippen molar-refractivity contribution in [3.8, 4) is 0 Å². The second-order valence-electron chi connectivity index (χ2n) is 4.97. The molecule has 0 radical (unpaired) electrons. The Morgan fingerprint density at radius 1 is 1.47 bits per heavy atom. The minimum atomic E-state index is -0.610. The fraction of sp³-hybridized carbons (Fsp3) is 0.500. The molecule has 1 saturated heterocycles. The lowest BCUT2D eigenvalue weighted by molar-refractivity contribution is -0.135. The van der Waals surface area contributed by atoms with E-state index in [0.29, 0.717) is 12.1 Å². The van der Waals surface area contributed by atoms with Crippen LogP contribution in [0.15, 0.2) is 18.2 Å². The number of rotatable bonds is 3. The fourth-order valence-electron chi connectivity index (χ4n) is 2.36. The van der Waals surface area contributed by atoms with Crippen LogP contribution in [0.1, 0.15) is 18.4 Å². The summed E-state index contributed by atoms with van der Waals surface area (Å²) in [7, 11) is 1.65. The average molecular weight is 268 g/mol. The average Bonchev–Trinajstić information content (AvgIpc) is 2.42. The molecule has 1 heterocycles. The van der Waals surface area contributed by atoms with Crippen molar-refractivity contribution in [2.45, 2.75) is 19.4 Å². The maximum Gasteiger partial charge on any atom is 0.227 e. The number of halogens is 2. The first-order valence-corrected chi connectivity index (χ1v) is 6.47. The van der Waals surface area contributed by atoms with Gasteiger partial charge in [-0.05, 0) is 25.5 Å². The molecule has 1 aliphatic heterocycles. The highest BCUT2D eigenvalue weighted by atomic mass is 19.1. The van der Waals surface area contributed by atoms with E-state index in [1.165, 1.54) is 17.0 Å². The van der Waals surface area contributed by atoms with Gasteiger partial charge in [-0.15, -0.1) is 0 Å². The third kappa shape index (κ3) is 3.50. The SMILES string of the molecule is CN(Cc1ccc(F)cc1F)C(=O)[C@@H]1CCCNC1. The Balaban J connectivity index is 1.99. The number of amides is 1. The van der Waals surface area contributed by atoms with Crippen LogP contribution in [-0.4, -0.2) is 30.9 Å². The molecular formula is C14H18F2N2O. The Morgan fingerprint density at radius 3 is 2.89 bits per heavy atom. The van der Waals surface area contributed by atoms with Crippen molar-refractivity contribution in [3.63, 3.8) is 0 Å². The minimum Gasteiger partial charge on any atom is -0.341 e. The van der Waals surface area contributed by atoms with Gasteiger partial charge in [0.15, 0.2) is 0 Å². The van der Waals surface area contributed by atoms with Crippen molar-refractivity contribution in [1.82, 2.24) is 10.2 Å². The molecule has 1 aromatic rings. The highest BCUT2D eigenvalue weighted by molar-refractivity contribution is 5.78. The van der Waals surface area contributed by atoms with E-state index in [1.807, 2.05) is 0 Å². The van der Waals surface area contributed by atoms with Gasteiger partial charge in [0, 0.05) is 31.8 Å². The second kappa shape index (κ2) is 6.10. The number of hydrogen-bond donors (Lipinski definition) is 1. The van der Waals surface area contributed by atoms with Crippen molar-refractivity contribution in [1.29, 1.82) is 0 Å². The van der Waals surface area contributed by atoms with Gasteiger partial charge in [0.05, 0.1) is 5.92 Å². The van der Waals surface area contributed by atoms with E-state index >= 15 is 0 Å². The van der Waals surface area contributed by atoms with Gasteiger partial charge in [-0.25, -0.2) is 8.78 Å². The molecule has 0 spiro atoms. The Bertz CT molecular complexity index is 459. The molecule has 3 nitrogen and oxygen atoms in total. The summed E-state index contributed by atoms with van der Waals surface area (Å²) in [5.41, 5.74) is 0.334. The van der Waals surface area contributed by atoms with Crippen LogP contribution in [0.25, 0.3) is 0 Å². The van der Waals surface area contributed by atoms with Crippen LogP contribution in [-0.2, 0) is 11.3 Å². The molecule has 5 heteroatoms. The van der Waals surface area contributed by atoms with Gasteiger partial charge in [0.2, 0.25) is 5.91 Å². The lowest BCUT2D eigenvalue weighted by Crippen LogP contribution is -2.41. The van der Waals surface area contributed by atoms with Gasteiger partial charge in [0.25, 0.3) is 0 Å². The second-order valence-corrected chi connectivity index (χ2v) is 4.97. The smallest absolute Gasteiger partial charge is 0.227 e. The molecule has 0 saturated carbocycles. The van der Waals surface area contributed by atoms with Gasteiger partial charge in [-0.3, -0.25) is 4.79 Å². The zero-order valence-electron chi connectivity index (χ0n) is 11.0. The molecule has 1 N–H and O–H groups in total. The molecule has 1 fully saturated rings. The molecule has 0 unspecified atom stereocenters. The number of piperidine rings is 1. The zero-order valence-corrected chi connectivity index (χ0v) is 11.0. The first kappa shape index (κ1) is 13.9. The molecule has 1 amide bonds. The lowest BCUT2D eigenvalue weighted by atomic mass is 9.98. The Labute approximate surface area is 111 Å². The van der Waals surface area contributed by atoms with Gasteiger partial charge < -0.3 is 10.2 Å². The predicted molar refractivity (Wildman–Crippen MR) is 68.4 cm³/mol. The predicted octanol–water partition coefficient (Wildman–Crippen LogP) is 1.92. The molecule has 104 valence electrons. The van der Waals surface area contributed by atoms with Gasteiger partial charge >= 0.3 is 0 Å². The number of nitrogens with one attached hydrogen (secondary N) is 1. The summed E-state index contributed by atoms with van der Waals surface area (Å²) in [6.07, 6.45) is 1.84. The van der Waals surface area contributed by atoms with Crippen LogP contribution in [0, 0.1) is 17.6 Å². The Morgan fingerprint density at radius 2 is 2.26 bits per heavy atom. The van der Waals surface area contributed by atoms with Crippen LogP contribution in [0.4, 0.5) is 8.78 Å². The molecule has 1 atom stereocenters. The molecular weight excluding hydrogens is 250 g/mol. The number of carbonyl (C=O) groups is 1. The largest absolute Gasteiger partial charge is 0.341 e. The lowest BCUT2D eigenvalue weighted by Gasteiger charge is -2.27. The monoisotopic (exact) mass is 268 g/mol. The normalized spacial score (nSPS) is 19.2. The third-order valence-electron chi connectivity index (χ3n) is 3.44. The summed E-state index contributed by atoms with van der Waals surface area (Å²) in [4.78, 5) is 13.7. The molecule has 1 aliphatic rings. The standard InChI is InChI=1S/C14H18F2N2O/c1-18(14(19)10-3-2-6-17-8-10)9-11-4-5-12(15)7-13(11)16/h4-5,7,10,17H,2-3,6,8-9H2,1H3/t10-/m1/s1. The van der Waals surface area contributed by atoms with Crippen LogP contribution >= 0.6 is 0 Å². The van der Waals surface area contributed by atoms with E-state index in [0.717, 1.165) is 25.5 Å². The van der Waals surface area contributed by atoms with Crippen LogP contribution in [0.2, 0.25) is 0 Å². The van der Waals surface area contributed by atoms with Crippen molar-refractivity contribution in [2.75, 3.05) is 20.1 Å². The Hall–Kier alpha value is -1.49. The summed E-state index contributed by atoms with van der Waals surface area (Å²) >= 11 is 0. The topological polar surface area (TPSA) is 32.3 Å². The van der Waals surface area contributed by atoms with E-state index in [-0.39, 0.29) is 18.4 Å². The number of hydrogen-bond acceptors (Lipinski definition) is 2. The summed E-state index contributed by atoms with van der Waals surface area (Å²) in [6.45, 7) is 1.79. The van der Waals surface area contributed by atoms with E-state index in [1.54, 1.807) is 7.05 Å². The van der Waals surface area contributed by atoms with E-state index in [9.17, 15) is 13.6 Å². The van der Waals surface area contributed by atoms with Crippen molar-refractivity contribution in [2.24, 2.45) is 5.92 Å². The maximum atomic E-state index is 13.5. The van der Waals surface area contributed by atoms with E-state index in [4.69, 9.17) is 0 Å². The number of benzene rings is 1. The molecule has 1 aromatic carbocycles. The highest BCUT2D eigenvalue weighted by Crippen LogP contribution is 2.16. The van der Waals surface area contributed by atoms with Gasteiger partial charge in [0.1, 0.15) is 11.6 Å². The molecule has 0 aliphatic carbocycles. The summed E-state index contributed by atoms with van der Waals surface area (Å²) in [6, 6.07) is 3.43. The van der Waals surface area contributed by atoms with Gasteiger partial charge in [-0.2, -0.15) is 0 Å². The Kier molecular flexibility index (Phi) is 4.47. The summed E-state index contributed by atoms with van der Waals surface area (Å²) in [5, 5.41) is 3.18. The summed E-state index contributed by atoms with van der Waals surface area (Å²) in [5.74, 6) is -1.24. The van der Waals surface area contributed by atoms with Crippen molar-refractivity contribution >= 4 is 5.91 Å². The first-order valence-electron chi connectivity index (χ1n) is 6.47. The molecule has 2 rings (SSSR count). The van der Waals surface area contributed by atoms with Crippen LogP contribution < -0.4 is 5.32 Å². The van der Waals surface area contributed by atoms with Crippen molar-refractivity contribution in [3.05, 3.63) is 35.4 Å². The number of carbonyl (C=O) groups excluding carboxylic acids is 1. The van der Waals surface area contributed by atoms with E-state index in [2.05, 4.69) is 5.32 Å². The van der Waals surface area contributed by atoms with Crippen molar-refractivity contribution < 1.29 is 13.6 Å². The molecule has 19 heavy (non-hydrogen) atoms. The molecule has 0 aromatic heterocycles. The highest BCUT2D eigenvalue weighted by Gasteiger charge is 2.24. The van der Waals surface area contributed by atoms with Gasteiger partial charge in [-0.1, -0.05) is 6.07 Å². The first-order chi connectivity index (χ1) is 9.08. The summed E-state index contributed by atoms with van der Waals surface area (Å²) < 4.78 is 26.3. The zero-order chi connectivity index (χ0) is 13.8. The number of nitrogens with zero attached hydrogens (tertiary/aromatic N) is 1. The maximum absolute atomic E-state index is 13.5. The van der Waals surface area contributed by atoms with Crippen LogP contribution in [0.5, 0.6) is 0 Å². The van der Waals surface area contributed by atoms with Crippen LogP contribution in [0.3, 0.4) is 0 Å². The van der Waals surface area contributed by atoms with E-state index < -0.39 is 11.6 Å². The molecule has 0 bridgehead atoms. The fourth-order valence-corrected chi connectivity index (χ4v) is 2.36. The quantitative estimate of drug-likeness (QED) is 0.908.